The molecule has 1 aromatic carbocycles. The van der Waals surface area contributed by atoms with E-state index in [0.29, 0.717) is 29.2 Å². The number of anilines is 1. The van der Waals surface area contributed by atoms with Gasteiger partial charge in [0.1, 0.15) is 11.4 Å². The average molecular weight is 485 g/mol. The van der Waals surface area contributed by atoms with E-state index in [1.807, 2.05) is 4.90 Å². The molecule has 0 unspecified atom stereocenters. The summed E-state index contributed by atoms with van der Waals surface area (Å²) in [6.45, 7) is 0.405. The Kier molecular flexibility index (Phi) is 5.97. The molecule has 1 saturated heterocycles. The zero-order chi connectivity index (χ0) is 23.8. The second-order valence-corrected chi connectivity index (χ2v) is 7.99. The second-order valence-electron chi connectivity index (χ2n) is 6.98. The molecule has 174 valence electrons. The SMILES string of the molecule is O=C(O)Cn1nnc(-c2cnc(N3CCN(C(=O)c4cccc(F)c4C(F)(F)F)CC3)s2)n1. The van der Waals surface area contributed by atoms with E-state index in [0.717, 1.165) is 16.9 Å². The van der Waals surface area contributed by atoms with Crippen LogP contribution >= 0.6 is 11.3 Å². The third-order valence-corrected chi connectivity index (χ3v) is 5.86. The number of nitrogens with zero attached hydrogens (tertiary/aromatic N) is 7. The summed E-state index contributed by atoms with van der Waals surface area (Å²) in [7, 11) is 0. The van der Waals surface area contributed by atoms with E-state index in [2.05, 4.69) is 20.4 Å². The van der Waals surface area contributed by atoms with Gasteiger partial charge in [0.05, 0.1) is 16.6 Å². The molecule has 0 aliphatic carbocycles. The highest BCUT2D eigenvalue weighted by molar-refractivity contribution is 7.18. The maximum atomic E-state index is 13.8. The van der Waals surface area contributed by atoms with Gasteiger partial charge in [-0.15, -0.1) is 10.2 Å². The molecule has 3 heterocycles. The summed E-state index contributed by atoms with van der Waals surface area (Å²) in [6.07, 6.45) is -3.49. The Balaban J connectivity index is 1.43. The molecule has 0 spiro atoms. The van der Waals surface area contributed by atoms with Crippen molar-refractivity contribution < 1.29 is 32.3 Å². The van der Waals surface area contributed by atoms with Crippen LogP contribution in [0.2, 0.25) is 0 Å². The minimum absolute atomic E-state index is 0.120. The van der Waals surface area contributed by atoms with E-state index >= 15 is 0 Å². The Morgan fingerprint density at radius 2 is 1.88 bits per heavy atom. The summed E-state index contributed by atoms with van der Waals surface area (Å²) >= 11 is 1.23. The van der Waals surface area contributed by atoms with E-state index in [1.54, 1.807) is 0 Å². The van der Waals surface area contributed by atoms with Crippen LogP contribution < -0.4 is 4.90 Å². The molecular weight excluding hydrogens is 470 g/mol. The first-order chi connectivity index (χ1) is 15.6. The lowest BCUT2D eigenvalue weighted by Gasteiger charge is -2.35. The molecule has 1 aliphatic heterocycles. The lowest BCUT2D eigenvalue weighted by Crippen LogP contribution is -2.49. The van der Waals surface area contributed by atoms with E-state index in [9.17, 15) is 27.2 Å². The van der Waals surface area contributed by atoms with Gasteiger partial charge in [0.25, 0.3) is 5.91 Å². The number of piperazine rings is 1. The van der Waals surface area contributed by atoms with E-state index in [1.165, 1.54) is 22.4 Å². The topological polar surface area (TPSA) is 117 Å². The molecule has 4 rings (SSSR count). The van der Waals surface area contributed by atoms with Crippen molar-refractivity contribution in [2.75, 3.05) is 31.1 Å². The molecule has 33 heavy (non-hydrogen) atoms. The highest BCUT2D eigenvalue weighted by atomic mass is 32.1. The van der Waals surface area contributed by atoms with Gasteiger partial charge in [0.2, 0.25) is 5.82 Å². The Hall–Kier alpha value is -3.62. The van der Waals surface area contributed by atoms with Gasteiger partial charge < -0.3 is 14.9 Å². The summed E-state index contributed by atoms with van der Waals surface area (Å²) in [5.41, 5.74) is -2.28. The van der Waals surface area contributed by atoms with Gasteiger partial charge >= 0.3 is 12.1 Å². The second kappa shape index (κ2) is 8.73. The molecule has 1 amide bonds. The maximum absolute atomic E-state index is 13.8. The fourth-order valence-corrected chi connectivity index (χ4v) is 4.20. The lowest BCUT2D eigenvalue weighted by molar-refractivity contribution is -0.140. The number of rotatable bonds is 5. The number of carbonyl (C=O) groups excluding carboxylic acids is 1. The monoisotopic (exact) mass is 485 g/mol. The van der Waals surface area contributed by atoms with Crippen LogP contribution in [0.5, 0.6) is 0 Å². The maximum Gasteiger partial charge on any atom is 0.420 e. The molecular formula is C18H15F4N7O3S. The number of carbonyl (C=O) groups is 2. The van der Waals surface area contributed by atoms with Crippen molar-refractivity contribution in [2.45, 2.75) is 12.7 Å². The highest BCUT2D eigenvalue weighted by Gasteiger charge is 2.39. The third-order valence-electron chi connectivity index (χ3n) is 4.81. The summed E-state index contributed by atoms with van der Waals surface area (Å²) < 4.78 is 53.6. The number of thiazole rings is 1. The Bertz CT molecular complexity index is 1190. The van der Waals surface area contributed by atoms with Crippen LogP contribution in [0.4, 0.5) is 22.7 Å². The molecule has 0 atom stereocenters. The minimum atomic E-state index is -4.99. The van der Waals surface area contributed by atoms with Gasteiger partial charge in [-0.05, 0) is 17.3 Å². The molecule has 1 N–H and O–H groups in total. The van der Waals surface area contributed by atoms with Crippen LogP contribution in [0.25, 0.3) is 10.7 Å². The van der Waals surface area contributed by atoms with Gasteiger partial charge in [-0.1, -0.05) is 17.4 Å². The van der Waals surface area contributed by atoms with E-state index < -0.39 is 41.5 Å². The zero-order valence-corrected chi connectivity index (χ0v) is 17.5. The van der Waals surface area contributed by atoms with Gasteiger partial charge in [0.15, 0.2) is 11.7 Å². The summed E-state index contributed by atoms with van der Waals surface area (Å²) in [4.78, 5) is 32.3. The average Bonchev–Trinajstić information content (AvgIpc) is 3.41. The van der Waals surface area contributed by atoms with Crippen LogP contribution in [0.1, 0.15) is 15.9 Å². The summed E-state index contributed by atoms with van der Waals surface area (Å²) in [6, 6.07) is 2.72. The number of benzene rings is 1. The number of amides is 1. The smallest absolute Gasteiger partial charge is 0.420 e. The van der Waals surface area contributed by atoms with Crippen molar-refractivity contribution in [2.24, 2.45) is 0 Å². The largest absolute Gasteiger partial charge is 0.480 e. The van der Waals surface area contributed by atoms with Crippen molar-refractivity contribution in [1.29, 1.82) is 0 Å². The van der Waals surface area contributed by atoms with Gasteiger partial charge in [-0.3, -0.25) is 9.59 Å². The molecule has 0 radical (unpaired) electrons. The molecule has 10 nitrogen and oxygen atoms in total. The first-order valence-electron chi connectivity index (χ1n) is 9.49. The van der Waals surface area contributed by atoms with Crippen molar-refractivity contribution in [3.8, 4) is 10.7 Å². The fraction of sp³-hybridized carbons (Fsp3) is 0.333. The molecule has 15 heteroatoms. The molecule has 1 aliphatic rings. The highest BCUT2D eigenvalue weighted by Crippen LogP contribution is 2.35. The first kappa shape index (κ1) is 22.6. The number of aromatic nitrogens is 5. The van der Waals surface area contributed by atoms with Crippen LogP contribution in [0.15, 0.2) is 24.4 Å². The Morgan fingerprint density at radius 1 is 1.15 bits per heavy atom. The normalized spacial score (nSPS) is 14.5. The predicted molar refractivity (Wildman–Crippen MR) is 106 cm³/mol. The number of aliphatic carboxylic acids is 1. The van der Waals surface area contributed by atoms with Crippen LogP contribution in [-0.2, 0) is 17.5 Å². The first-order valence-corrected chi connectivity index (χ1v) is 10.3. The van der Waals surface area contributed by atoms with Gasteiger partial charge in [0, 0.05) is 26.2 Å². The van der Waals surface area contributed by atoms with Crippen LogP contribution in [0, 0.1) is 5.82 Å². The molecule has 0 bridgehead atoms. The van der Waals surface area contributed by atoms with Crippen LogP contribution in [-0.4, -0.2) is 73.3 Å². The van der Waals surface area contributed by atoms with Gasteiger partial charge in [-0.25, -0.2) is 9.37 Å². The van der Waals surface area contributed by atoms with E-state index in [-0.39, 0.29) is 18.9 Å². The number of carboxylic acids is 1. The molecule has 0 saturated carbocycles. The number of halogens is 4. The third kappa shape index (κ3) is 4.76. The fourth-order valence-electron chi connectivity index (χ4n) is 3.31. The van der Waals surface area contributed by atoms with Crippen LogP contribution in [0.3, 0.4) is 0 Å². The number of alkyl halides is 3. The van der Waals surface area contributed by atoms with Crippen molar-refractivity contribution >= 4 is 28.3 Å². The molecule has 2 aromatic heterocycles. The van der Waals surface area contributed by atoms with Gasteiger partial charge in [-0.2, -0.15) is 18.0 Å². The number of hydrogen-bond acceptors (Lipinski definition) is 8. The standard InChI is InChI=1S/C18H15F4N7O3S/c19-11-3-1-2-10(14(11)18(20,21)22)16(32)27-4-6-28(7-5-27)17-23-8-12(33-17)15-24-26-29(25-15)9-13(30)31/h1-3,8H,4-7,9H2,(H,30,31). The Labute approximate surface area is 187 Å². The molecule has 1 fully saturated rings. The summed E-state index contributed by atoms with van der Waals surface area (Å²) in [5.74, 6) is -3.28. The Morgan fingerprint density at radius 3 is 2.55 bits per heavy atom. The van der Waals surface area contributed by atoms with Crippen molar-refractivity contribution in [3.63, 3.8) is 0 Å². The van der Waals surface area contributed by atoms with E-state index in [4.69, 9.17) is 5.11 Å². The quantitative estimate of drug-likeness (QED) is 0.546. The zero-order valence-electron chi connectivity index (χ0n) is 16.7. The number of carboxylic acid groups (broad SMARTS) is 1. The minimum Gasteiger partial charge on any atom is -0.480 e. The summed E-state index contributed by atoms with van der Waals surface area (Å²) in [5, 5.41) is 20.8. The predicted octanol–water partition coefficient (Wildman–Crippen LogP) is 2.00. The van der Waals surface area contributed by atoms with Crippen molar-refractivity contribution in [1.82, 2.24) is 30.1 Å². The number of hydrogen-bond donors (Lipinski definition) is 1. The molecule has 3 aromatic rings. The number of tetrazole rings is 1. The van der Waals surface area contributed by atoms with Crippen molar-refractivity contribution in [3.05, 3.63) is 41.3 Å². The lowest BCUT2D eigenvalue weighted by atomic mass is 10.0.